The molecule has 0 radical (unpaired) electrons. The maximum atomic E-state index is 11.6. The van der Waals surface area contributed by atoms with Crippen LogP contribution >= 0.6 is 15.9 Å². The molecule has 1 unspecified atom stereocenters. The maximum absolute atomic E-state index is 11.6. The zero-order chi connectivity index (χ0) is 12.6. The number of carbonyl (C=O) groups excluding carboxylic acids is 1. The molecule has 0 aromatic heterocycles. The fraction of sp³-hybridized carbons (Fsp3) is 0.500. The molecule has 0 aliphatic carbocycles. The summed E-state index contributed by atoms with van der Waals surface area (Å²) in [5, 5.41) is 0. The van der Waals surface area contributed by atoms with Crippen molar-refractivity contribution >= 4 is 21.7 Å². The van der Waals surface area contributed by atoms with Crippen LogP contribution in [-0.2, 0) is 4.79 Å². The first-order chi connectivity index (χ1) is 7.52. The second-order valence-electron chi connectivity index (χ2n) is 3.78. The Kier molecular flexibility index (Phi) is 8.18. The zero-order valence-corrected chi connectivity index (χ0v) is 12.0. The lowest BCUT2D eigenvalue weighted by Gasteiger charge is -2.02. The van der Waals surface area contributed by atoms with Crippen molar-refractivity contribution in [3.63, 3.8) is 0 Å². The molecule has 1 nitrogen and oxygen atoms in total. The highest BCUT2D eigenvalue weighted by Crippen LogP contribution is 2.12. The van der Waals surface area contributed by atoms with Gasteiger partial charge in [0.1, 0.15) is 0 Å². The Morgan fingerprint density at radius 1 is 1.38 bits per heavy atom. The first kappa shape index (κ1) is 15.4. The largest absolute Gasteiger partial charge is 0.293 e. The Hall–Kier alpha value is -0.630. The summed E-state index contributed by atoms with van der Waals surface area (Å²) >= 11 is 3.25. The third-order valence-corrected chi connectivity index (χ3v) is 2.60. The summed E-state index contributed by atoms with van der Waals surface area (Å²) in [6.07, 6.45) is 9.20. The van der Waals surface area contributed by atoms with E-state index in [2.05, 4.69) is 42.4 Å². The molecular formula is C14H21BrO. The molecule has 2 heteroatoms. The van der Waals surface area contributed by atoms with Crippen LogP contribution in [0.4, 0.5) is 0 Å². The summed E-state index contributed by atoms with van der Waals surface area (Å²) in [6, 6.07) is 0. The fourth-order valence-corrected chi connectivity index (χ4v) is 1.64. The third-order valence-electron chi connectivity index (χ3n) is 2.18. The predicted molar refractivity (Wildman–Crippen MR) is 75.0 cm³/mol. The van der Waals surface area contributed by atoms with E-state index in [9.17, 15) is 4.79 Å². The fourth-order valence-electron chi connectivity index (χ4n) is 1.35. The molecule has 0 saturated carbocycles. The number of allylic oxidation sites excluding steroid dienone is 5. The molecule has 0 heterocycles. The third kappa shape index (κ3) is 6.06. The van der Waals surface area contributed by atoms with Gasteiger partial charge in [0.15, 0.2) is 5.78 Å². The smallest absolute Gasteiger partial charge is 0.175 e. The molecule has 0 aliphatic rings. The van der Waals surface area contributed by atoms with E-state index in [1.165, 1.54) is 5.57 Å². The lowest BCUT2D eigenvalue weighted by atomic mass is 10.1. The molecule has 0 rings (SSSR count). The highest BCUT2D eigenvalue weighted by molar-refractivity contribution is 9.10. The van der Waals surface area contributed by atoms with Gasteiger partial charge in [0.2, 0.25) is 0 Å². The van der Waals surface area contributed by atoms with E-state index in [0.717, 1.165) is 19.3 Å². The lowest BCUT2D eigenvalue weighted by molar-refractivity contribution is -0.114. The highest BCUT2D eigenvalue weighted by Gasteiger charge is 2.10. The molecule has 16 heavy (non-hydrogen) atoms. The van der Waals surface area contributed by atoms with Gasteiger partial charge in [-0.15, -0.1) is 0 Å². The van der Waals surface area contributed by atoms with Gasteiger partial charge in [-0.1, -0.05) is 66.6 Å². The van der Waals surface area contributed by atoms with Gasteiger partial charge in [0, 0.05) is 5.57 Å². The van der Waals surface area contributed by atoms with E-state index >= 15 is 0 Å². The molecule has 0 spiro atoms. The van der Waals surface area contributed by atoms with Crippen molar-refractivity contribution in [1.82, 2.24) is 0 Å². The summed E-state index contributed by atoms with van der Waals surface area (Å²) in [7, 11) is 0. The minimum atomic E-state index is -0.158. The Bertz CT molecular complexity index is 298. The second kappa shape index (κ2) is 8.51. The van der Waals surface area contributed by atoms with E-state index in [-0.39, 0.29) is 10.6 Å². The summed E-state index contributed by atoms with van der Waals surface area (Å²) in [5.41, 5.74) is 1.84. The lowest BCUT2D eigenvalue weighted by Crippen LogP contribution is -2.10. The predicted octanol–water partition coefficient (Wildman–Crippen LogP) is 4.59. The maximum Gasteiger partial charge on any atom is 0.175 e. The number of ketones is 1. The average molecular weight is 285 g/mol. The minimum absolute atomic E-state index is 0.0450. The molecule has 0 saturated heterocycles. The van der Waals surface area contributed by atoms with Gasteiger partial charge < -0.3 is 0 Å². The molecule has 0 bridgehead atoms. The zero-order valence-electron chi connectivity index (χ0n) is 10.4. The number of carbonyl (C=O) groups is 1. The highest BCUT2D eigenvalue weighted by atomic mass is 79.9. The molecule has 0 amide bonds. The Balaban J connectivity index is 4.50. The van der Waals surface area contributed by atoms with E-state index < -0.39 is 0 Å². The van der Waals surface area contributed by atoms with Crippen LogP contribution in [0.25, 0.3) is 0 Å². The van der Waals surface area contributed by atoms with Crippen molar-refractivity contribution in [2.45, 2.75) is 44.9 Å². The molecule has 1 atom stereocenters. The number of alkyl halides is 1. The van der Waals surface area contributed by atoms with Crippen LogP contribution < -0.4 is 0 Å². The SMILES string of the molecule is C=C(C=CC(=CCC)CCC)C(=O)C(C)Br. The summed E-state index contributed by atoms with van der Waals surface area (Å²) in [4.78, 5) is 11.4. The Morgan fingerprint density at radius 3 is 2.44 bits per heavy atom. The van der Waals surface area contributed by atoms with Crippen LogP contribution in [0.2, 0.25) is 0 Å². The average Bonchev–Trinajstić information content (AvgIpc) is 2.24. The minimum Gasteiger partial charge on any atom is -0.293 e. The van der Waals surface area contributed by atoms with Gasteiger partial charge in [-0.3, -0.25) is 4.79 Å². The molecule has 90 valence electrons. The first-order valence-electron chi connectivity index (χ1n) is 5.77. The topological polar surface area (TPSA) is 17.1 Å². The van der Waals surface area contributed by atoms with Crippen LogP contribution in [0.15, 0.2) is 36.0 Å². The summed E-state index contributed by atoms with van der Waals surface area (Å²) < 4.78 is 0. The normalized spacial score (nSPS) is 14.1. The number of Topliss-reactive ketones (excluding diaryl/α,β-unsaturated/α-hetero) is 1. The van der Waals surface area contributed by atoms with Gasteiger partial charge in [-0.2, -0.15) is 0 Å². The van der Waals surface area contributed by atoms with Crippen molar-refractivity contribution < 1.29 is 4.79 Å². The Labute approximate surface area is 107 Å². The van der Waals surface area contributed by atoms with Crippen molar-refractivity contribution in [2.75, 3.05) is 0 Å². The van der Waals surface area contributed by atoms with Crippen molar-refractivity contribution in [2.24, 2.45) is 0 Å². The van der Waals surface area contributed by atoms with Crippen molar-refractivity contribution in [3.05, 3.63) is 36.0 Å². The quantitative estimate of drug-likeness (QED) is 0.380. The number of rotatable bonds is 7. The molecule has 0 fully saturated rings. The van der Waals surface area contributed by atoms with Gasteiger partial charge in [0.25, 0.3) is 0 Å². The van der Waals surface area contributed by atoms with Gasteiger partial charge in [-0.25, -0.2) is 0 Å². The van der Waals surface area contributed by atoms with Crippen LogP contribution in [0, 0.1) is 0 Å². The summed E-state index contributed by atoms with van der Waals surface area (Å²) in [6.45, 7) is 9.86. The van der Waals surface area contributed by atoms with Crippen LogP contribution in [0.5, 0.6) is 0 Å². The van der Waals surface area contributed by atoms with Crippen LogP contribution in [0.3, 0.4) is 0 Å². The van der Waals surface area contributed by atoms with Crippen molar-refractivity contribution in [3.8, 4) is 0 Å². The molecule has 0 aromatic carbocycles. The molecule has 0 aromatic rings. The van der Waals surface area contributed by atoms with E-state index in [4.69, 9.17) is 0 Å². The van der Waals surface area contributed by atoms with E-state index in [0.29, 0.717) is 5.57 Å². The van der Waals surface area contributed by atoms with Crippen LogP contribution in [0.1, 0.15) is 40.0 Å². The second-order valence-corrected chi connectivity index (χ2v) is 5.15. The molecular weight excluding hydrogens is 264 g/mol. The molecule has 0 aliphatic heterocycles. The number of halogens is 1. The van der Waals surface area contributed by atoms with Gasteiger partial charge >= 0.3 is 0 Å². The van der Waals surface area contributed by atoms with E-state index in [1.54, 1.807) is 0 Å². The number of hydrogen-bond donors (Lipinski definition) is 0. The van der Waals surface area contributed by atoms with Gasteiger partial charge in [-0.05, 0) is 19.8 Å². The molecule has 0 N–H and O–H groups in total. The van der Waals surface area contributed by atoms with Gasteiger partial charge in [0.05, 0.1) is 4.83 Å². The first-order valence-corrected chi connectivity index (χ1v) is 6.68. The Morgan fingerprint density at radius 2 is 2.00 bits per heavy atom. The monoisotopic (exact) mass is 284 g/mol. The van der Waals surface area contributed by atoms with E-state index in [1.807, 2.05) is 19.1 Å². The van der Waals surface area contributed by atoms with Crippen molar-refractivity contribution in [1.29, 1.82) is 0 Å². The summed E-state index contributed by atoms with van der Waals surface area (Å²) in [5.74, 6) is 0.0450. The van der Waals surface area contributed by atoms with Crippen LogP contribution in [-0.4, -0.2) is 10.6 Å². The number of hydrogen-bond acceptors (Lipinski definition) is 1. The standard InChI is InChI=1S/C14H21BrO/c1-5-7-13(8-6-2)10-9-11(3)14(16)12(4)15/h7,9-10,12H,3,5-6,8H2,1-2,4H3.